The molecule has 1 saturated heterocycles. The first-order valence-corrected chi connectivity index (χ1v) is 6.93. The summed E-state index contributed by atoms with van der Waals surface area (Å²) < 4.78 is 5.33. The van der Waals surface area contributed by atoms with Crippen LogP contribution >= 0.6 is 0 Å². The second-order valence-electron chi connectivity index (χ2n) is 6.88. The van der Waals surface area contributed by atoms with Crippen molar-refractivity contribution in [3.8, 4) is 0 Å². The van der Waals surface area contributed by atoms with Gasteiger partial charge in [-0.25, -0.2) is 0 Å². The fourth-order valence-electron chi connectivity index (χ4n) is 4.71. The third-order valence-corrected chi connectivity index (χ3v) is 5.69. The molecular formula is C15H22O3. The van der Waals surface area contributed by atoms with Gasteiger partial charge in [-0.15, -0.1) is 0 Å². The molecular weight excluding hydrogens is 228 g/mol. The van der Waals surface area contributed by atoms with Crippen LogP contribution in [0.2, 0.25) is 0 Å². The molecule has 3 aliphatic rings. The normalized spacial score (nSPS) is 46.3. The second kappa shape index (κ2) is 3.60. The quantitative estimate of drug-likeness (QED) is 0.530. The predicted octanol–water partition coefficient (Wildman–Crippen LogP) is 2.29. The summed E-state index contributed by atoms with van der Waals surface area (Å²) in [5.74, 6) is 0.0659. The molecule has 100 valence electrons. The van der Waals surface area contributed by atoms with Crippen LogP contribution in [0.1, 0.15) is 39.5 Å². The molecule has 0 aromatic heterocycles. The van der Waals surface area contributed by atoms with Gasteiger partial charge >= 0.3 is 5.97 Å². The molecule has 4 atom stereocenters. The highest BCUT2D eigenvalue weighted by Crippen LogP contribution is 2.63. The Morgan fingerprint density at radius 2 is 2.11 bits per heavy atom. The maximum atomic E-state index is 12.4. The van der Waals surface area contributed by atoms with Gasteiger partial charge in [0.2, 0.25) is 0 Å². The number of hydrogen-bond donors (Lipinski definition) is 1. The molecule has 3 nitrogen and oxygen atoms in total. The zero-order valence-corrected chi connectivity index (χ0v) is 11.2. The van der Waals surface area contributed by atoms with Crippen LogP contribution in [0.5, 0.6) is 0 Å². The highest BCUT2D eigenvalue weighted by Gasteiger charge is 2.67. The van der Waals surface area contributed by atoms with E-state index in [9.17, 15) is 9.90 Å². The minimum atomic E-state index is -0.697. The van der Waals surface area contributed by atoms with Gasteiger partial charge in [0, 0.05) is 5.92 Å². The van der Waals surface area contributed by atoms with E-state index in [1.165, 1.54) is 0 Å². The van der Waals surface area contributed by atoms with E-state index in [-0.39, 0.29) is 23.2 Å². The third-order valence-electron chi connectivity index (χ3n) is 5.69. The highest BCUT2D eigenvalue weighted by atomic mass is 16.5. The standard InChI is InChI=1S/C15H22O3/c1-9-4-5-11-14(2,3)7-6-12(16)15(11)10(9)8-18-13(15)17/h10-12,16H,1,4-8H2,2-3H3/t10?,11?,12-,15?/m1/s1. The summed E-state index contributed by atoms with van der Waals surface area (Å²) in [7, 11) is 0. The molecule has 3 heteroatoms. The van der Waals surface area contributed by atoms with Gasteiger partial charge in [0.15, 0.2) is 0 Å². The summed E-state index contributed by atoms with van der Waals surface area (Å²) in [6, 6.07) is 0. The van der Waals surface area contributed by atoms with Crippen molar-refractivity contribution in [3.63, 3.8) is 0 Å². The molecule has 0 bridgehead atoms. The van der Waals surface area contributed by atoms with Crippen molar-refractivity contribution in [3.05, 3.63) is 12.2 Å². The van der Waals surface area contributed by atoms with Gasteiger partial charge in [-0.3, -0.25) is 4.79 Å². The Balaban J connectivity index is 2.14. The summed E-state index contributed by atoms with van der Waals surface area (Å²) in [6.07, 6.45) is 3.03. The summed E-state index contributed by atoms with van der Waals surface area (Å²) in [5, 5.41) is 10.5. The number of hydrogen-bond acceptors (Lipinski definition) is 3. The van der Waals surface area contributed by atoms with E-state index < -0.39 is 11.5 Å². The van der Waals surface area contributed by atoms with E-state index in [1.807, 2.05) is 0 Å². The maximum absolute atomic E-state index is 12.4. The summed E-state index contributed by atoms with van der Waals surface area (Å²) in [6.45, 7) is 8.98. The Hall–Kier alpha value is -0.830. The van der Waals surface area contributed by atoms with E-state index in [0.29, 0.717) is 13.0 Å². The van der Waals surface area contributed by atoms with Crippen LogP contribution < -0.4 is 0 Å². The largest absolute Gasteiger partial charge is 0.464 e. The number of aliphatic hydroxyl groups excluding tert-OH is 1. The van der Waals surface area contributed by atoms with E-state index >= 15 is 0 Å². The molecule has 1 spiro atoms. The average Bonchev–Trinajstić information content (AvgIpc) is 2.65. The third kappa shape index (κ3) is 1.26. The number of aliphatic hydroxyl groups is 1. The van der Waals surface area contributed by atoms with Crippen molar-refractivity contribution >= 4 is 5.97 Å². The van der Waals surface area contributed by atoms with Crippen LogP contribution in [0.25, 0.3) is 0 Å². The lowest BCUT2D eigenvalue weighted by Crippen LogP contribution is -2.59. The molecule has 0 aromatic carbocycles. The van der Waals surface area contributed by atoms with Gasteiger partial charge in [0.05, 0.1) is 12.7 Å². The first-order chi connectivity index (χ1) is 8.40. The lowest BCUT2D eigenvalue weighted by molar-refractivity contribution is -0.175. The van der Waals surface area contributed by atoms with Crippen molar-refractivity contribution in [1.29, 1.82) is 0 Å². The fourth-order valence-corrected chi connectivity index (χ4v) is 4.71. The van der Waals surface area contributed by atoms with Crippen LogP contribution in [-0.2, 0) is 9.53 Å². The Bertz CT molecular complexity index is 412. The van der Waals surface area contributed by atoms with Crippen molar-refractivity contribution in [2.24, 2.45) is 22.7 Å². The molecule has 2 aliphatic carbocycles. The summed E-state index contributed by atoms with van der Waals surface area (Å²) in [5.41, 5.74) is 0.493. The van der Waals surface area contributed by atoms with E-state index in [1.54, 1.807) is 0 Å². The number of esters is 1. The minimum Gasteiger partial charge on any atom is -0.464 e. The van der Waals surface area contributed by atoms with Gasteiger partial charge < -0.3 is 9.84 Å². The van der Waals surface area contributed by atoms with Crippen molar-refractivity contribution in [2.45, 2.75) is 45.6 Å². The highest BCUT2D eigenvalue weighted by molar-refractivity contribution is 5.82. The van der Waals surface area contributed by atoms with Gasteiger partial charge in [-0.2, -0.15) is 0 Å². The molecule has 0 radical (unpaired) electrons. The van der Waals surface area contributed by atoms with Crippen LogP contribution in [0.4, 0.5) is 0 Å². The van der Waals surface area contributed by atoms with Crippen LogP contribution in [0, 0.1) is 22.7 Å². The Morgan fingerprint density at radius 3 is 2.83 bits per heavy atom. The van der Waals surface area contributed by atoms with E-state index in [4.69, 9.17) is 4.74 Å². The van der Waals surface area contributed by atoms with Crippen molar-refractivity contribution in [2.75, 3.05) is 6.61 Å². The van der Waals surface area contributed by atoms with Gasteiger partial charge in [-0.05, 0) is 37.0 Å². The molecule has 3 fully saturated rings. The zero-order valence-electron chi connectivity index (χ0n) is 11.2. The smallest absolute Gasteiger partial charge is 0.315 e. The zero-order chi connectivity index (χ0) is 13.1. The lowest BCUT2D eigenvalue weighted by Gasteiger charge is -2.56. The number of rotatable bonds is 0. The maximum Gasteiger partial charge on any atom is 0.315 e. The van der Waals surface area contributed by atoms with Gasteiger partial charge in [0.1, 0.15) is 5.41 Å². The minimum absolute atomic E-state index is 0.0262. The van der Waals surface area contributed by atoms with Gasteiger partial charge in [-0.1, -0.05) is 26.0 Å². The molecule has 0 amide bonds. The van der Waals surface area contributed by atoms with Crippen molar-refractivity contribution in [1.82, 2.24) is 0 Å². The van der Waals surface area contributed by atoms with Crippen LogP contribution in [0.3, 0.4) is 0 Å². The second-order valence-corrected chi connectivity index (χ2v) is 6.88. The van der Waals surface area contributed by atoms with E-state index in [2.05, 4.69) is 20.4 Å². The molecule has 1 aliphatic heterocycles. The topological polar surface area (TPSA) is 46.5 Å². The van der Waals surface area contributed by atoms with Crippen molar-refractivity contribution < 1.29 is 14.6 Å². The fraction of sp³-hybridized carbons (Fsp3) is 0.800. The Kier molecular flexibility index (Phi) is 2.44. The van der Waals surface area contributed by atoms with E-state index in [0.717, 1.165) is 24.8 Å². The molecule has 3 rings (SSSR count). The lowest BCUT2D eigenvalue weighted by atomic mass is 9.46. The number of ether oxygens (including phenoxy) is 1. The molecule has 0 aromatic rings. The number of cyclic esters (lactones) is 1. The van der Waals surface area contributed by atoms with Crippen LogP contribution in [-0.4, -0.2) is 23.8 Å². The summed E-state index contributed by atoms with van der Waals surface area (Å²) in [4.78, 5) is 12.4. The molecule has 2 saturated carbocycles. The average molecular weight is 250 g/mol. The Morgan fingerprint density at radius 1 is 1.39 bits per heavy atom. The predicted molar refractivity (Wildman–Crippen MR) is 67.8 cm³/mol. The Labute approximate surface area is 108 Å². The number of carbonyl (C=O) groups excluding carboxylic acids is 1. The molecule has 1 N–H and O–H groups in total. The molecule has 1 heterocycles. The molecule has 18 heavy (non-hydrogen) atoms. The monoisotopic (exact) mass is 250 g/mol. The first kappa shape index (κ1) is 12.2. The first-order valence-electron chi connectivity index (χ1n) is 6.93. The molecule has 3 unspecified atom stereocenters. The number of carbonyl (C=O) groups is 1. The summed E-state index contributed by atoms with van der Waals surface area (Å²) >= 11 is 0. The SMILES string of the molecule is C=C1CCC2C(C)(C)CC[C@@H](O)C23C(=O)OCC13. The van der Waals surface area contributed by atoms with Gasteiger partial charge in [0.25, 0.3) is 0 Å². The van der Waals surface area contributed by atoms with Crippen LogP contribution in [0.15, 0.2) is 12.2 Å².